The smallest absolute Gasteiger partial charge is 0.137 e. The summed E-state index contributed by atoms with van der Waals surface area (Å²) in [7, 11) is 0. The number of nitrogens with zero attached hydrogens (tertiary/aromatic N) is 1. The third-order valence-electron chi connectivity index (χ3n) is 9.60. The van der Waals surface area contributed by atoms with Gasteiger partial charge < -0.3 is 10.0 Å². The van der Waals surface area contributed by atoms with Crippen LogP contribution in [0.5, 0.6) is 0 Å². The maximum Gasteiger partial charge on any atom is 0.137 e. The van der Waals surface area contributed by atoms with Crippen molar-refractivity contribution in [3.05, 3.63) is 41.0 Å². The van der Waals surface area contributed by atoms with E-state index in [2.05, 4.69) is 49.9 Å². The van der Waals surface area contributed by atoms with Gasteiger partial charge in [0.2, 0.25) is 0 Å². The molecule has 4 aliphatic rings. The molecule has 0 aromatic heterocycles. The number of aliphatic hydroxyl groups is 1. The lowest BCUT2D eigenvalue weighted by atomic mass is 9.50. The zero-order valence-electron chi connectivity index (χ0n) is 19.6. The van der Waals surface area contributed by atoms with Crippen molar-refractivity contribution < 1.29 is 9.90 Å². The van der Waals surface area contributed by atoms with Gasteiger partial charge in [0.15, 0.2) is 0 Å². The Morgan fingerprint density at radius 2 is 1.77 bits per heavy atom. The first kappa shape index (κ1) is 21.2. The molecule has 6 unspecified atom stereocenters. The molecule has 0 radical (unpaired) electrons. The number of allylic oxidation sites excluding steroid dienone is 2. The van der Waals surface area contributed by atoms with Gasteiger partial charge in [-0.1, -0.05) is 30.2 Å². The number of aliphatic hydroxyl groups excluding tert-OH is 1. The Bertz CT molecular complexity index is 868. The molecule has 6 atom stereocenters. The van der Waals surface area contributed by atoms with Crippen LogP contribution in [0.3, 0.4) is 0 Å². The van der Waals surface area contributed by atoms with E-state index in [0.29, 0.717) is 35.9 Å². The van der Waals surface area contributed by atoms with Gasteiger partial charge in [-0.25, -0.2) is 0 Å². The Morgan fingerprint density at radius 1 is 1.03 bits per heavy atom. The summed E-state index contributed by atoms with van der Waals surface area (Å²) >= 11 is 0. The normalized spacial score (nSPS) is 37.3. The van der Waals surface area contributed by atoms with E-state index in [1.54, 1.807) is 5.57 Å². The lowest BCUT2D eigenvalue weighted by Crippen LogP contribution is -2.48. The quantitative estimate of drug-likeness (QED) is 0.618. The second kappa shape index (κ2) is 8.06. The first-order valence-corrected chi connectivity index (χ1v) is 12.7. The highest BCUT2D eigenvalue weighted by Crippen LogP contribution is 2.64. The van der Waals surface area contributed by atoms with Gasteiger partial charge in [-0.3, -0.25) is 4.79 Å². The van der Waals surface area contributed by atoms with Crippen molar-refractivity contribution in [3.8, 4) is 0 Å². The molecule has 0 bridgehead atoms. The number of hydrogen-bond acceptors (Lipinski definition) is 3. The van der Waals surface area contributed by atoms with Gasteiger partial charge in [0.05, 0.1) is 6.10 Å². The van der Waals surface area contributed by atoms with Crippen LogP contribution in [0.4, 0.5) is 5.69 Å². The van der Waals surface area contributed by atoms with Crippen LogP contribution in [0.2, 0.25) is 0 Å². The Labute approximate surface area is 187 Å². The van der Waals surface area contributed by atoms with Crippen molar-refractivity contribution in [2.75, 3.05) is 18.0 Å². The molecule has 0 heterocycles. The van der Waals surface area contributed by atoms with Gasteiger partial charge in [0.25, 0.3) is 0 Å². The first-order valence-electron chi connectivity index (χ1n) is 12.7. The van der Waals surface area contributed by atoms with E-state index < -0.39 is 0 Å². The number of Topliss-reactive ketones (excluding diaryl/α,β-unsaturated/α-hetero) is 1. The number of benzene rings is 1. The predicted octanol–water partition coefficient (Wildman–Crippen LogP) is 5.87. The minimum absolute atomic E-state index is 0.0337. The molecule has 1 aromatic rings. The molecule has 168 valence electrons. The van der Waals surface area contributed by atoms with E-state index in [9.17, 15) is 9.90 Å². The molecule has 2 fully saturated rings. The van der Waals surface area contributed by atoms with E-state index in [0.717, 1.165) is 45.2 Å². The molecular weight excluding hydrogens is 382 g/mol. The molecular formula is C28H39NO2. The Kier molecular flexibility index (Phi) is 5.53. The summed E-state index contributed by atoms with van der Waals surface area (Å²) in [5.41, 5.74) is 5.89. The van der Waals surface area contributed by atoms with Gasteiger partial charge in [0.1, 0.15) is 5.78 Å². The monoisotopic (exact) mass is 421 g/mol. The Morgan fingerprint density at radius 3 is 2.48 bits per heavy atom. The average molecular weight is 422 g/mol. The predicted molar refractivity (Wildman–Crippen MR) is 126 cm³/mol. The van der Waals surface area contributed by atoms with E-state index in [1.807, 2.05) is 0 Å². The second-order valence-electron chi connectivity index (χ2n) is 10.9. The molecule has 0 spiro atoms. The zero-order valence-corrected chi connectivity index (χ0v) is 19.6. The highest BCUT2D eigenvalue weighted by atomic mass is 16.3. The number of anilines is 1. The lowest BCUT2D eigenvalue weighted by Gasteiger charge is -2.55. The number of ketones is 1. The third-order valence-corrected chi connectivity index (χ3v) is 9.60. The molecule has 1 aromatic carbocycles. The molecule has 5 rings (SSSR count). The van der Waals surface area contributed by atoms with Crippen LogP contribution in [0.15, 0.2) is 35.4 Å². The van der Waals surface area contributed by atoms with Crippen LogP contribution >= 0.6 is 0 Å². The van der Waals surface area contributed by atoms with Gasteiger partial charge in [-0.15, -0.1) is 0 Å². The molecule has 4 aliphatic carbocycles. The summed E-state index contributed by atoms with van der Waals surface area (Å²) < 4.78 is 0. The molecule has 3 nitrogen and oxygen atoms in total. The van der Waals surface area contributed by atoms with E-state index in [1.165, 1.54) is 29.7 Å². The van der Waals surface area contributed by atoms with Gasteiger partial charge >= 0.3 is 0 Å². The van der Waals surface area contributed by atoms with Crippen LogP contribution in [0, 0.1) is 23.2 Å². The van der Waals surface area contributed by atoms with E-state index in [-0.39, 0.29) is 11.5 Å². The number of carbonyl (C=O) groups excluding carboxylic acids is 1. The summed E-state index contributed by atoms with van der Waals surface area (Å²) in [6.07, 6.45) is 7.79. The molecule has 1 N–H and O–H groups in total. The van der Waals surface area contributed by atoms with Crippen LogP contribution in [0.25, 0.3) is 0 Å². The van der Waals surface area contributed by atoms with Crippen molar-refractivity contribution in [3.63, 3.8) is 0 Å². The molecule has 0 aliphatic heterocycles. The molecule has 2 saturated carbocycles. The summed E-state index contributed by atoms with van der Waals surface area (Å²) in [6.45, 7) is 8.86. The summed E-state index contributed by atoms with van der Waals surface area (Å²) in [5, 5.41) is 11.0. The zero-order chi connectivity index (χ0) is 21.8. The summed E-state index contributed by atoms with van der Waals surface area (Å²) in [4.78, 5) is 14.6. The number of carbonyl (C=O) groups is 1. The molecule has 0 amide bonds. The van der Waals surface area contributed by atoms with Gasteiger partial charge in [-0.05, 0) is 99.2 Å². The largest absolute Gasteiger partial charge is 0.393 e. The fourth-order valence-corrected chi connectivity index (χ4v) is 8.00. The van der Waals surface area contributed by atoms with Crippen LogP contribution < -0.4 is 4.90 Å². The van der Waals surface area contributed by atoms with Crippen LogP contribution in [-0.2, 0) is 4.79 Å². The average Bonchev–Trinajstić information content (AvgIpc) is 3.08. The van der Waals surface area contributed by atoms with Gasteiger partial charge in [0, 0.05) is 31.6 Å². The van der Waals surface area contributed by atoms with Crippen molar-refractivity contribution in [1.82, 2.24) is 0 Å². The Balaban J connectivity index is 1.55. The first-order chi connectivity index (χ1) is 15.0. The Hall–Kier alpha value is -1.61. The van der Waals surface area contributed by atoms with Crippen LogP contribution in [-0.4, -0.2) is 30.1 Å². The van der Waals surface area contributed by atoms with Crippen LogP contribution in [0.1, 0.15) is 83.6 Å². The maximum atomic E-state index is 12.2. The fourth-order valence-electron chi connectivity index (χ4n) is 8.00. The van der Waals surface area contributed by atoms with Crippen molar-refractivity contribution in [1.29, 1.82) is 0 Å². The minimum atomic E-state index is -0.167. The second-order valence-corrected chi connectivity index (χ2v) is 10.9. The molecule has 0 saturated heterocycles. The molecule has 31 heavy (non-hydrogen) atoms. The third kappa shape index (κ3) is 3.39. The number of fused-ring (bicyclic) bond motifs is 4. The lowest BCUT2D eigenvalue weighted by molar-refractivity contribution is -0.119. The SMILES string of the molecule is CCN(CC)c1ccc(C2CC3(C)C(O)CCC3C3CCC4=C(CCC(=O)C4)C23)cc1. The topological polar surface area (TPSA) is 40.5 Å². The molecule has 3 heteroatoms. The maximum absolute atomic E-state index is 12.2. The van der Waals surface area contributed by atoms with E-state index >= 15 is 0 Å². The van der Waals surface area contributed by atoms with E-state index in [4.69, 9.17) is 0 Å². The van der Waals surface area contributed by atoms with Gasteiger partial charge in [-0.2, -0.15) is 0 Å². The summed E-state index contributed by atoms with van der Waals surface area (Å²) in [5.74, 6) is 2.76. The van der Waals surface area contributed by atoms with Crippen molar-refractivity contribution >= 4 is 11.5 Å². The number of hydrogen-bond donors (Lipinski definition) is 1. The summed E-state index contributed by atoms with van der Waals surface area (Å²) in [6, 6.07) is 9.34. The standard InChI is InChI=1S/C28H39NO2/c1-4-29(5-2)20-9-6-18(7-10-20)24-17-28(3)25(14-15-26(28)31)23-12-8-19-16-21(30)11-13-22(19)27(23)24/h6-7,9-10,23-27,31H,4-5,8,11-17H2,1-3H3. The fraction of sp³-hybridized carbons (Fsp3) is 0.679. The van der Waals surface area contributed by atoms with Crippen molar-refractivity contribution in [2.45, 2.75) is 84.2 Å². The highest BCUT2D eigenvalue weighted by Gasteiger charge is 2.58. The highest BCUT2D eigenvalue weighted by molar-refractivity contribution is 5.82. The van der Waals surface area contributed by atoms with Crippen molar-refractivity contribution in [2.24, 2.45) is 23.2 Å². The minimum Gasteiger partial charge on any atom is -0.393 e. The number of rotatable bonds is 4.